The summed E-state index contributed by atoms with van der Waals surface area (Å²) in [5.41, 5.74) is 1.50. The molecule has 64 valence electrons. The molecule has 0 amide bonds. The van der Waals surface area contributed by atoms with Crippen LogP contribution in [0.25, 0.3) is 0 Å². The second kappa shape index (κ2) is 6.21. The molecule has 0 aliphatic carbocycles. The van der Waals surface area contributed by atoms with Crippen molar-refractivity contribution in [1.82, 2.24) is 0 Å². The van der Waals surface area contributed by atoms with Crippen LogP contribution in [0.5, 0.6) is 0 Å². The van der Waals surface area contributed by atoms with E-state index in [1.165, 1.54) is 24.8 Å². The summed E-state index contributed by atoms with van der Waals surface area (Å²) >= 11 is 0. The molecular weight excluding hydrogens is 132 g/mol. The van der Waals surface area contributed by atoms with Gasteiger partial charge in [0.1, 0.15) is 0 Å². The van der Waals surface area contributed by atoms with Gasteiger partial charge in [-0.05, 0) is 32.1 Å². The first-order valence-corrected chi connectivity index (χ1v) is 4.48. The predicted molar refractivity (Wildman–Crippen MR) is 52.6 cm³/mol. The second-order valence-electron chi connectivity index (χ2n) is 3.19. The number of hydrogen-bond donors (Lipinski definition) is 0. The zero-order valence-corrected chi connectivity index (χ0v) is 8.06. The third-order valence-corrected chi connectivity index (χ3v) is 2.07. The van der Waals surface area contributed by atoms with Gasteiger partial charge in [-0.1, -0.05) is 31.6 Å². The summed E-state index contributed by atoms with van der Waals surface area (Å²) in [7, 11) is 0. The summed E-state index contributed by atoms with van der Waals surface area (Å²) in [6.45, 7) is 10.4. The largest absolute Gasteiger partial charge is 0.103 e. The van der Waals surface area contributed by atoms with E-state index in [1.54, 1.807) is 0 Å². The van der Waals surface area contributed by atoms with Gasteiger partial charge >= 0.3 is 0 Å². The molecule has 0 rings (SSSR count). The van der Waals surface area contributed by atoms with E-state index >= 15 is 0 Å². The summed E-state index contributed by atoms with van der Waals surface area (Å²) < 4.78 is 0. The molecule has 0 aromatic carbocycles. The Morgan fingerprint density at radius 3 is 2.64 bits per heavy atom. The Kier molecular flexibility index (Phi) is 5.91. The SMILES string of the molecule is C=CC(C)CC/C=C(/C)CC. The van der Waals surface area contributed by atoms with Crippen LogP contribution in [0.1, 0.15) is 40.0 Å². The average molecular weight is 152 g/mol. The Labute approximate surface area is 71.0 Å². The lowest BCUT2D eigenvalue weighted by Gasteiger charge is -2.02. The summed E-state index contributed by atoms with van der Waals surface area (Å²) in [4.78, 5) is 0. The lowest BCUT2D eigenvalue weighted by Crippen LogP contribution is -1.86. The summed E-state index contributed by atoms with van der Waals surface area (Å²) in [5, 5.41) is 0. The molecule has 0 saturated carbocycles. The first-order chi connectivity index (χ1) is 5.20. The Hall–Kier alpha value is -0.520. The summed E-state index contributed by atoms with van der Waals surface area (Å²) in [5.74, 6) is 0.663. The van der Waals surface area contributed by atoms with Crippen LogP contribution < -0.4 is 0 Å². The van der Waals surface area contributed by atoms with Crippen molar-refractivity contribution in [2.45, 2.75) is 40.0 Å². The highest BCUT2D eigenvalue weighted by Gasteiger charge is 1.92. The molecule has 0 spiro atoms. The van der Waals surface area contributed by atoms with Gasteiger partial charge in [-0.15, -0.1) is 6.58 Å². The smallest absolute Gasteiger partial charge is 0.0262 e. The molecule has 0 nitrogen and oxygen atoms in total. The maximum atomic E-state index is 3.76. The highest BCUT2D eigenvalue weighted by Crippen LogP contribution is 2.09. The highest BCUT2D eigenvalue weighted by atomic mass is 14.0. The lowest BCUT2D eigenvalue weighted by atomic mass is 10.0. The molecule has 0 saturated heterocycles. The van der Waals surface area contributed by atoms with Gasteiger partial charge in [0.05, 0.1) is 0 Å². The number of hydrogen-bond acceptors (Lipinski definition) is 0. The Morgan fingerprint density at radius 2 is 2.18 bits per heavy atom. The van der Waals surface area contributed by atoms with Crippen molar-refractivity contribution >= 4 is 0 Å². The van der Waals surface area contributed by atoms with Gasteiger partial charge in [0.2, 0.25) is 0 Å². The fourth-order valence-electron chi connectivity index (χ4n) is 0.855. The van der Waals surface area contributed by atoms with Gasteiger partial charge in [0.25, 0.3) is 0 Å². The van der Waals surface area contributed by atoms with E-state index in [4.69, 9.17) is 0 Å². The van der Waals surface area contributed by atoms with Crippen molar-refractivity contribution in [3.63, 3.8) is 0 Å². The molecule has 1 unspecified atom stereocenters. The number of allylic oxidation sites excluding steroid dienone is 3. The molecule has 0 heterocycles. The normalized spacial score (nSPS) is 14.6. The van der Waals surface area contributed by atoms with E-state index in [0.717, 1.165) is 0 Å². The zero-order valence-electron chi connectivity index (χ0n) is 8.06. The number of rotatable bonds is 5. The third-order valence-electron chi connectivity index (χ3n) is 2.07. The topological polar surface area (TPSA) is 0 Å². The molecular formula is C11H20. The van der Waals surface area contributed by atoms with Gasteiger partial charge in [0, 0.05) is 0 Å². The minimum absolute atomic E-state index is 0.663. The van der Waals surface area contributed by atoms with Crippen LogP contribution in [0.4, 0.5) is 0 Å². The molecule has 0 aromatic rings. The van der Waals surface area contributed by atoms with E-state index in [9.17, 15) is 0 Å². The molecule has 0 aliphatic rings. The van der Waals surface area contributed by atoms with Gasteiger partial charge in [-0.3, -0.25) is 0 Å². The van der Waals surface area contributed by atoms with E-state index < -0.39 is 0 Å². The van der Waals surface area contributed by atoms with Crippen molar-refractivity contribution < 1.29 is 0 Å². The van der Waals surface area contributed by atoms with Crippen molar-refractivity contribution in [2.75, 3.05) is 0 Å². The van der Waals surface area contributed by atoms with Crippen LogP contribution in [0.3, 0.4) is 0 Å². The zero-order chi connectivity index (χ0) is 8.69. The minimum atomic E-state index is 0.663. The standard InChI is InChI=1S/C11H20/c1-5-10(3)8-7-9-11(4)6-2/h5,9-10H,1,6-8H2,2-4H3/b11-9-. The van der Waals surface area contributed by atoms with Gasteiger partial charge in [-0.2, -0.15) is 0 Å². The van der Waals surface area contributed by atoms with Crippen LogP contribution in [-0.2, 0) is 0 Å². The monoisotopic (exact) mass is 152 g/mol. The molecule has 0 heteroatoms. The van der Waals surface area contributed by atoms with Crippen molar-refractivity contribution in [2.24, 2.45) is 5.92 Å². The first-order valence-electron chi connectivity index (χ1n) is 4.48. The molecule has 1 atom stereocenters. The molecule has 0 aromatic heterocycles. The fourth-order valence-corrected chi connectivity index (χ4v) is 0.855. The minimum Gasteiger partial charge on any atom is -0.103 e. The van der Waals surface area contributed by atoms with E-state index in [2.05, 4.69) is 33.4 Å². The van der Waals surface area contributed by atoms with Crippen LogP contribution in [-0.4, -0.2) is 0 Å². The van der Waals surface area contributed by atoms with Crippen LogP contribution in [0.15, 0.2) is 24.3 Å². The molecule has 0 aliphatic heterocycles. The van der Waals surface area contributed by atoms with Crippen molar-refractivity contribution in [3.8, 4) is 0 Å². The molecule has 0 N–H and O–H groups in total. The maximum absolute atomic E-state index is 3.76. The van der Waals surface area contributed by atoms with E-state index in [0.29, 0.717) is 5.92 Å². The fraction of sp³-hybridized carbons (Fsp3) is 0.636. The Balaban J connectivity index is 3.47. The Bertz CT molecular complexity index is 131. The molecule has 0 fully saturated rings. The summed E-state index contributed by atoms with van der Waals surface area (Å²) in [6, 6.07) is 0. The first kappa shape index (κ1) is 10.5. The highest BCUT2D eigenvalue weighted by molar-refractivity contribution is 4.96. The van der Waals surface area contributed by atoms with E-state index in [-0.39, 0.29) is 0 Å². The van der Waals surface area contributed by atoms with Crippen molar-refractivity contribution in [3.05, 3.63) is 24.3 Å². The van der Waals surface area contributed by atoms with Crippen molar-refractivity contribution in [1.29, 1.82) is 0 Å². The molecule has 0 bridgehead atoms. The van der Waals surface area contributed by atoms with Crippen LogP contribution in [0.2, 0.25) is 0 Å². The average Bonchev–Trinajstić information content (AvgIpc) is 2.04. The predicted octanol–water partition coefficient (Wildman–Crippen LogP) is 3.95. The molecule has 0 radical (unpaired) electrons. The van der Waals surface area contributed by atoms with Gasteiger partial charge in [0.15, 0.2) is 0 Å². The van der Waals surface area contributed by atoms with Gasteiger partial charge in [-0.25, -0.2) is 0 Å². The molecule has 11 heavy (non-hydrogen) atoms. The van der Waals surface area contributed by atoms with Gasteiger partial charge < -0.3 is 0 Å². The quantitative estimate of drug-likeness (QED) is 0.523. The summed E-state index contributed by atoms with van der Waals surface area (Å²) in [6.07, 6.45) is 7.98. The Morgan fingerprint density at radius 1 is 1.55 bits per heavy atom. The maximum Gasteiger partial charge on any atom is -0.0262 e. The second-order valence-corrected chi connectivity index (χ2v) is 3.19. The lowest BCUT2D eigenvalue weighted by molar-refractivity contribution is 0.657. The van der Waals surface area contributed by atoms with Crippen LogP contribution >= 0.6 is 0 Å². The van der Waals surface area contributed by atoms with Crippen LogP contribution in [0, 0.1) is 5.92 Å². The third kappa shape index (κ3) is 5.90. The van der Waals surface area contributed by atoms with E-state index in [1.807, 2.05) is 6.08 Å².